The molecular formula is C14H13ClFNO3S. The van der Waals surface area contributed by atoms with Gasteiger partial charge in [-0.2, -0.15) is 0 Å². The average Bonchev–Trinajstić information content (AvgIpc) is 2.91. The number of rotatable bonds is 3. The van der Waals surface area contributed by atoms with E-state index in [9.17, 15) is 12.8 Å². The molecule has 1 aromatic carbocycles. The van der Waals surface area contributed by atoms with Gasteiger partial charge in [-0.25, -0.2) is 17.5 Å². The molecule has 1 unspecified atom stereocenters. The molecule has 1 aromatic heterocycles. The molecule has 0 saturated heterocycles. The van der Waals surface area contributed by atoms with Crippen LogP contribution in [-0.2, 0) is 16.4 Å². The van der Waals surface area contributed by atoms with Crippen LogP contribution in [0.4, 0.5) is 4.39 Å². The topological polar surface area (TPSA) is 59.3 Å². The first-order valence-electron chi connectivity index (χ1n) is 6.51. The molecule has 0 radical (unpaired) electrons. The fourth-order valence-corrected chi connectivity index (χ4v) is 4.13. The van der Waals surface area contributed by atoms with Crippen LogP contribution in [0.25, 0.3) is 0 Å². The smallest absolute Gasteiger partial charge is 0.244 e. The Labute approximate surface area is 127 Å². The fraction of sp³-hybridized carbons (Fsp3) is 0.286. The molecule has 7 heteroatoms. The van der Waals surface area contributed by atoms with Gasteiger partial charge in [0.25, 0.3) is 0 Å². The third kappa shape index (κ3) is 2.71. The summed E-state index contributed by atoms with van der Waals surface area (Å²) in [6, 6.07) is 5.25. The van der Waals surface area contributed by atoms with Crippen molar-refractivity contribution in [3.63, 3.8) is 0 Å². The summed E-state index contributed by atoms with van der Waals surface area (Å²) in [5, 5.41) is -0.217. The SMILES string of the molecule is O=S(=O)(NC1CCCc2occc21)c1cccc(Cl)c1F. The molecule has 1 aliphatic rings. The van der Waals surface area contributed by atoms with Gasteiger partial charge in [-0.1, -0.05) is 17.7 Å². The van der Waals surface area contributed by atoms with Crippen molar-refractivity contribution in [3.8, 4) is 0 Å². The Hall–Kier alpha value is -1.37. The highest BCUT2D eigenvalue weighted by molar-refractivity contribution is 7.89. The minimum absolute atomic E-state index is 0.217. The third-order valence-corrected chi connectivity index (χ3v) is 5.34. The molecule has 0 aliphatic heterocycles. The Morgan fingerprint density at radius 2 is 2.14 bits per heavy atom. The molecule has 3 rings (SSSR count). The van der Waals surface area contributed by atoms with Crippen LogP contribution in [0.3, 0.4) is 0 Å². The van der Waals surface area contributed by atoms with Gasteiger partial charge in [0, 0.05) is 12.0 Å². The standard InChI is InChI=1S/C14H13ClFNO3S/c15-10-3-1-6-13(14(10)16)21(18,19)17-11-4-2-5-12-9(11)7-8-20-12/h1,3,6-8,11,17H,2,4-5H2. The van der Waals surface area contributed by atoms with E-state index < -0.39 is 26.8 Å². The first kappa shape index (κ1) is 14.6. The summed E-state index contributed by atoms with van der Waals surface area (Å²) < 4.78 is 46.5. The molecule has 112 valence electrons. The van der Waals surface area contributed by atoms with Crippen LogP contribution in [0.2, 0.25) is 5.02 Å². The van der Waals surface area contributed by atoms with Crippen molar-refractivity contribution in [3.05, 3.63) is 52.7 Å². The van der Waals surface area contributed by atoms with Crippen molar-refractivity contribution >= 4 is 21.6 Å². The van der Waals surface area contributed by atoms with E-state index in [1.807, 2.05) is 0 Å². The van der Waals surface area contributed by atoms with E-state index >= 15 is 0 Å². The minimum atomic E-state index is -3.98. The Morgan fingerprint density at radius 1 is 1.33 bits per heavy atom. The number of aryl methyl sites for hydroxylation is 1. The summed E-state index contributed by atoms with van der Waals surface area (Å²) in [6.45, 7) is 0. The number of hydrogen-bond donors (Lipinski definition) is 1. The molecule has 0 fully saturated rings. The van der Waals surface area contributed by atoms with Crippen molar-refractivity contribution < 1.29 is 17.2 Å². The molecule has 21 heavy (non-hydrogen) atoms. The lowest BCUT2D eigenvalue weighted by molar-refractivity contribution is 0.437. The highest BCUT2D eigenvalue weighted by Crippen LogP contribution is 2.32. The summed E-state index contributed by atoms with van der Waals surface area (Å²) in [6.07, 6.45) is 3.78. The molecule has 0 bridgehead atoms. The zero-order chi connectivity index (χ0) is 15.0. The summed E-state index contributed by atoms with van der Waals surface area (Å²) in [4.78, 5) is -0.439. The van der Waals surface area contributed by atoms with Gasteiger partial charge in [-0.3, -0.25) is 0 Å². The van der Waals surface area contributed by atoms with E-state index in [1.165, 1.54) is 24.5 Å². The molecule has 0 spiro atoms. The second kappa shape index (κ2) is 5.44. The number of fused-ring (bicyclic) bond motifs is 1. The zero-order valence-corrected chi connectivity index (χ0v) is 12.5. The summed E-state index contributed by atoms with van der Waals surface area (Å²) in [5.74, 6) is -0.157. The Kier molecular flexibility index (Phi) is 3.77. The van der Waals surface area contributed by atoms with Crippen molar-refractivity contribution in [2.24, 2.45) is 0 Å². The Balaban J connectivity index is 1.93. The highest BCUT2D eigenvalue weighted by atomic mass is 35.5. The predicted octanol–water partition coefficient (Wildman–Crippen LogP) is 3.43. The number of halogens is 2. The van der Waals surface area contributed by atoms with Crippen molar-refractivity contribution in [1.82, 2.24) is 4.72 Å². The van der Waals surface area contributed by atoms with E-state index in [2.05, 4.69) is 4.72 Å². The van der Waals surface area contributed by atoms with E-state index in [0.29, 0.717) is 6.42 Å². The maximum atomic E-state index is 13.9. The maximum Gasteiger partial charge on any atom is 0.244 e. The van der Waals surface area contributed by atoms with Gasteiger partial charge >= 0.3 is 0 Å². The predicted molar refractivity (Wildman–Crippen MR) is 76.1 cm³/mol. The zero-order valence-electron chi connectivity index (χ0n) is 11.0. The van der Waals surface area contributed by atoms with Crippen LogP contribution in [0, 0.1) is 5.82 Å². The number of furan rings is 1. The molecule has 1 atom stereocenters. The van der Waals surface area contributed by atoms with Gasteiger partial charge in [0.1, 0.15) is 10.7 Å². The first-order chi connectivity index (χ1) is 9.99. The van der Waals surface area contributed by atoms with Gasteiger partial charge in [-0.15, -0.1) is 0 Å². The van der Waals surface area contributed by atoms with Gasteiger partial charge in [0.05, 0.1) is 17.3 Å². The van der Waals surface area contributed by atoms with Gasteiger partial charge in [0.15, 0.2) is 5.82 Å². The summed E-state index contributed by atoms with van der Waals surface area (Å²) >= 11 is 5.64. The summed E-state index contributed by atoms with van der Waals surface area (Å²) in [5.41, 5.74) is 0.812. The second-order valence-electron chi connectivity index (χ2n) is 4.92. The number of hydrogen-bond acceptors (Lipinski definition) is 3. The van der Waals surface area contributed by atoms with Crippen molar-refractivity contribution in [2.45, 2.75) is 30.2 Å². The third-order valence-electron chi connectivity index (χ3n) is 3.56. The second-order valence-corrected chi connectivity index (χ2v) is 7.01. The molecule has 0 amide bonds. The van der Waals surface area contributed by atoms with Gasteiger partial charge in [-0.05, 0) is 31.0 Å². The van der Waals surface area contributed by atoms with E-state index in [1.54, 1.807) is 6.07 Å². The van der Waals surface area contributed by atoms with Crippen LogP contribution in [0.1, 0.15) is 30.2 Å². The lowest BCUT2D eigenvalue weighted by atomic mass is 9.94. The summed E-state index contributed by atoms with van der Waals surface area (Å²) in [7, 11) is -3.98. The number of sulfonamides is 1. The van der Waals surface area contributed by atoms with E-state index in [-0.39, 0.29) is 5.02 Å². The minimum Gasteiger partial charge on any atom is -0.469 e. The van der Waals surface area contributed by atoms with Gasteiger partial charge < -0.3 is 4.42 Å². The van der Waals surface area contributed by atoms with Crippen LogP contribution in [-0.4, -0.2) is 8.42 Å². The molecule has 0 saturated carbocycles. The van der Waals surface area contributed by atoms with Crippen LogP contribution >= 0.6 is 11.6 Å². The molecule has 2 aromatic rings. The van der Waals surface area contributed by atoms with E-state index in [0.717, 1.165) is 24.2 Å². The monoisotopic (exact) mass is 329 g/mol. The molecule has 1 aliphatic carbocycles. The molecule has 1 heterocycles. The first-order valence-corrected chi connectivity index (χ1v) is 8.38. The fourth-order valence-electron chi connectivity index (χ4n) is 2.55. The van der Waals surface area contributed by atoms with Gasteiger partial charge in [0.2, 0.25) is 10.0 Å². The molecular weight excluding hydrogens is 317 g/mol. The highest BCUT2D eigenvalue weighted by Gasteiger charge is 2.29. The largest absolute Gasteiger partial charge is 0.469 e. The Bertz CT molecular complexity index is 772. The molecule has 1 N–H and O–H groups in total. The van der Waals surface area contributed by atoms with Crippen molar-refractivity contribution in [1.29, 1.82) is 0 Å². The molecule has 4 nitrogen and oxygen atoms in total. The van der Waals surface area contributed by atoms with E-state index in [4.69, 9.17) is 16.0 Å². The number of nitrogens with one attached hydrogen (secondary N) is 1. The number of benzene rings is 1. The maximum absolute atomic E-state index is 13.9. The van der Waals surface area contributed by atoms with Crippen LogP contribution in [0.15, 0.2) is 39.8 Å². The van der Waals surface area contributed by atoms with Crippen molar-refractivity contribution in [2.75, 3.05) is 0 Å². The van der Waals surface area contributed by atoms with Crippen LogP contribution in [0.5, 0.6) is 0 Å². The quantitative estimate of drug-likeness (QED) is 0.938. The lowest BCUT2D eigenvalue weighted by Gasteiger charge is -2.22. The Morgan fingerprint density at radius 3 is 2.95 bits per heavy atom. The average molecular weight is 330 g/mol. The lowest BCUT2D eigenvalue weighted by Crippen LogP contribution is -2.31. The van der Waals surface area contributed by atoms with Crippen LogP contribution < -0.4 is 4.72 Å². The normalized spacial score (nSPS) is 18.5.